The maximum absolute atomic E-state index is 12.7. The van der Waals surface area contributed by atoms with Crippen LogP contribution >= 0.6 is 0 Å². The average molecular weight is 327 g/mol. The molecule has 2 aliphatic rings. The number of amides is 1. The predicted octanol–water partition coefficient (Wildman–Crippen LogP) is 2.36. The minimum absolute atomic E-state index is 0.0197. The van der Waals surface area contributed by atoms with E-state index in [-0.39, 0.29) is 5.91 Å². The van der Waals surface area contributed by atoms with Gasteiger partial charge in [0, 0.05) is 31.5 Å². The molecule has 6 nitrogen and oxygen atoms in total. The Kier molecular flexibility index (Phi) is 3.86. The van der Waals surface area contributed by atoms with Crippen molar-refractivity contribution in [1.82, 2.24) is 15.1 Å². The molecule has 24 heavy (non-hydrogen) atoms. The molecule has 1 N–H and O–H groups in total. The van der Waals surface area contributed by atoms with Gasteiger partial charge in [-0.25, -0.2) is 0 Å². The molecular formula is C18H21N3O3. The molecule has 2 fully saturated rings. The molecule has 0 radical (unpaired) electrons. The molecule has 2 aromatic rings. The number of hydrogen-bond donors (Lipinski definition) is 1. The summed E-state index contributed by atoms with van der Waals surface area (Å²) in [5.41, 5.74) is 3.51. The second kappa shape index (κ2) is 6.03. The Labute approximate surface area is 140 Å². The van der Waals surface area contributed by atoms with E-state index in [4.69, 9.17) is 9.47 Å². The topological polar surface area (TPSA) is 67.5 Å². The summed E-state index contributed by atoms with van der Waals surface area (Å²) in [6, 6.07) is 9.92. The Hall–Kier alpha value is -2.18. The van der Waals surface area contributed by atoms with Gasteiger partial charge in [0.1, 0.15) is 5.69 Å². The number of nitrogens with one attached hydrogen (secondary N) is 1. The van der Waals surface area contributed by atoms with Crippen LogP contribution in [0.5, 0.6) is 0 Å². The Morgan fingerprint density at radius 3 is 2.50 bits per heavy atom. The van der Waals surface area contributed by atoms with E-state index in [1.165, 1.54) is 5.56 Å². The van der Waals surface area contributed by atoms with E-state index in [0.29, 0.717) is 32.0 Å². The lowest BCUT2D eigenvalue weighted by atomic mass is 10.0. The molecular weight excluding hydrogens is 306 g/mol. The normalized spacial score (nSPS) is 19.8. The van der Waals surface area contributed by atoms with Gasteiger partial charge in [0.05, 0.1) is 18.9 Å². The van der Waals surface area contributed by atoms with E-state index in [0.717, 1.165) is 24.1 Å². The van der Waals surface area contributed by atoms with E-state index in [2.05, 4.69) is 10.2 Å². The molecule has 1 spiro atoms. The lowest BCUT2D eigenvalue weighted by Crippen LogP contribution is -2.47. The Balaban J connectivity index is 1.45. The standard InChI is InChI=1S/C18H21N3O3/c1-13-2-4-14(5-3-13)15-12-16(20-19-15)17(22)21-8-6-18(7-9-21)23-10-11-24-18/h2-5,12H,6-11H2,1H3,(H,19,20). The highest BCUT2D eigenvalue weighted by Gasteiger charge is 2.41. The quantitative estimate of drug-likeness (QED) is 0.919. The maximum Gasteiger partial charge on any atom is 0.271 e. The maximum atomic E-state index is 12.7. The number of likely N-dealkylation sites (tertiary alicyclic amines) is 1. The summed E-state index contributed by atoms with van der Waals surface area (Å²) >= 11 is 0. The number of carbonyl (C=O) groups is 1. The highest BCUT2D eigenvalue weighted by Crippen LogP contribution is 2.31. The van der Waals surface area contributed by atoms with Crippen LogP contribution < -0.4 is 0 Å². The van der Waals surface area contributed by atoms with Gasteiger partial charge in [0.25, 0.3) is 5.91 Å². The first-order chi connectivity index (χ1) is 11.7. The summed E-state index contributed by atoms with van der Waals surface area (Å²) in [6.45, 7) is 4.61. The molecule has 2 saturated heterocycles. The third-order valence-corrected chi connectivity index (χ3v) is 4.78. The molecule has 6 heteroatoms. The molecule has 2 aliphatic heterocycles. The second-order valence-corrected chi connectivity index (χ2v) is 6.43. The van der Waals surface area contributed by atoms with Gasteiger partial charge in [-0.3, -0.25) is 9.89 Å². The molecule has 1 aromatic carbocycles. The van der Waals surface area contributed by atoms with Crippen molar-refractivity contribution in [3.8, 4) is 11.3 Å². The number of hydrogen-bond acceptors (Lipinski definition) is 4. The Bertz CT molecular complexity index is 722. The molecule has 1 amide bonds. The fraction of sp³-hybridized carbons (Fsp3) is 0.444. The number of H-pyrrole nitrogens is 1. The van der Waals surface area contributed by atoms with Gasteiger partial charge in [-0.05, 0) is 13.0 Å². The monoisotopic (exact) mass is 327 g/mol. The largest absolute Gasteiger partial charge is 0.347 e. The van der Waals surface area contributed by atoms with Crippen LogP contribution in [-0.4, -0.2) is 53.1 Å². The van der Waals surface area contributed by atoms with Crippen LogP contribution in [0.15, 0.2) is 30.3 Å². The van der Waals surface area contributed by atoms with Crippen molar-refractivity contribution in [1.29, 1.82) is 0 Å². The minimum atomic E-state index is -0.460. The number of aryl methyl sites for hydroxylation is 1. The molecule has 126 valence electrons. The summed E-state index contributed by atoms with van der Waals surface area (Å²) in [6.07, 6.45) is 1.44. The molecule has 0 atom stereocenters. The van der Waals surface area contributed by atoms with Crippen LogP contribution in [0.2, 0.25) is 0 Å². The summed E-state index contributed by atoms with van der Waals surface area (Å²) < 4.78 is 11.4. The van der Waals surface area contributed by atoms with Crippen LogP contribution in [0, 0.1) is 6.92 Å². The number of aromatic nitrogens is 2. The first-order valence-corrected chi connectivity index (χ1v) is 8.35. The number of carbonyl (C=O) groups excluding carboxylic acids is 1. The number of ether oxygens (including phenoxy) is 2. The second-order valence-electron chi connectivity index (χ2n) is 6.43. The van der Waals surface area contributed by atoms with Crippen molar-refractivity contribution in [3.05, 3.63) is 41.6 Å². The number of nitrogens with zero attached hydrogens (tertiary/aromatic N) is 2. The van der Waals surface area contributed by atoms with E-state index >= 15 is 0 Å². The number of rotatable bonds is 2. The van der Waals surface area contributed by atoms with Crippen LogP contribution in [0.1, 0.15) is 28.9 Å². The smallest absolute Gasteiger partial charge is 0.271 e. The Morgan fingerprint density at radius 1 is 1.17 bits per heavy atom. The Morgan fingerprint density at radius 2 is 1.83 bits per heavy atom. The molecule has 0 saturated carbocycles. The van der Waals surface area contributed by atoms with Crippen LogP contribution in [0.4, 0.5) is 0 Å². The van der Waals surface area contributed by atoms with Gasteiger partial charge in [0.15, 0.2) is 5.79 Å². The van der Waals surface area contributed by atoms with E-state index in [9.17, 15) is 4.79 Å². The molecule has 0 aliphatic carbocycles. The fourth-order valence-corrected chi connectivity index (χ4v) is 3.31. The van der Waals surface area contributed by atoms with Gasteiger partial charge in [0.2, 0.25) is 0 Å². The van der Waals surface area contributed by atoms with Crippen molar-refractivity contribution in [2.24, 2.45) is 0 Å². The summed E-state index contributed by atoms with van der Waals surface area (Å²) in [7, 11) is 0. The number of piperidine rings is 1. The van der Waals surface area contributed by atoms with Gasteiger partial charge in [-0.2, -0.15) is 5.10 Å². The third kappa shape index (κ3) is 2.83. The van der Waals surface area contributed by atoms with Gasteiger partial charge < -0.3 is 14.4 Å². The zero-order valence-corrected chi connectivity index (χ0v) is 13.7. The van der Waals surface area contributed by atoms with Crippen LogP contribution in [0.3, 0.4) is 0 Å². The minimum Gasteiger partial charge on any atom is -0.347 e. The van der Waals surface area contributed by atoms with Crippen molar-refractivity contribution in [3.63, 3.8) is 0 Å². The SMILES string of the molecule is Cc1ccc(-c2cc(C(=O)N3CCC4(CC3)OCCO4)[nH]n2)cc1. The average Bonchev–Trinajstić information content (AvgIpc) is 3.26. The highest BCUT2D eigenvalue weighted by atomic mass is 16.7. The summed E-state index contributed by atoms with van der Waals surface area (Å²) in [5.74, 6) is -0.480. The number of benzene rings is 1. The summed E-state index contributed by atoms with van der Waals surface area (Å²) in [5, 5.41) is 7.15. The molecule has 3 heterocycles. The zero-order valence-electron chi connectivity index (χ0n) is 13.7. The molecule has 0 bridgehead atoms. The predicted molar refractivity (Wildman–Crippen MR) is 88.5 cm³/mol. The van der Waals surface area contributed by atoms with Crippen LogP contribution in [0.25, 0.3) is 11.3 Å². The third-order valence-electron chi connectivity index (χ3n) is 4.78. The zero-order chi connectivity index (χ0) is 16.6. The highest BCUT2D eigenvalue weighted by molar-refractivity contribution is 5.93. The van der Waals surface area contributed by atoms with E-state index < -0.39 is 5.79 Å². The first-order valence-electron chi connectivity index (χ1n) is 8.35. The lowest BCUT2D eigenvalue weighted by molar-refractivity contribution is -0.181. The van der Waals surface area contributed by atoms with Crippen molar-refractivity contribution in [2.45, 2.75) is 25.6 Å². The molecule has 0 unspecified atom stereocenters. The lowest BCUT2D eigenvalue weighted by Gasteiger charge is -2.37. The van der Waals surface area contributed by atoms with Gasteiger partial charge in [-0.1, -0.05) is 29.8 Å². The van der Waals surface area contributed by atoms with Crippen molar-refractivity contribution in [2.75, 3.05) is 26.3 Å². The van der Waals surface area contributed by atoms with Crippen molar-refractivity contribution < 1.29 is 14.3 Å². The molecule has 4 rings (SSSR count). The van der Waals surface area contributed by atoms with Gasteiger partial charge >= 0.3 is 0 Å². The number of aromatic amines is 1. The first kappa shape index (κ1) is 15.4. The van der Waals surface area contributed by atoms with E-state index in [1.807, 2.05) is 42.2 Å². The molecule has 1 aromatic heterocycles. The van der Waals surface area contributed by atoms with Crippen LogP contribution in [-0.2, 0) is 9.47 Å². The summed E-state index contributed by atoms with van der Waals surface area (Å²) in [4.78, 5) is 14.5. The van der Waals surface area contributed by atoms with E-state index in [1.54, 1.807) is 0 Å². The van der Waals surface area contributed by atoms with Gasteiger partial charge in [-0.15, -0.1) is 0 Å². The van der Waals surface area contributed by atoms with Crippen molar-refractivity contribution >= 4 is 5.91 Å². The fourth-order valence-electron chi connectivity index (χ4n) is 3.31.